The van der Waals surface area contributed by atoms with Gasteiger partial charge in [0.25, 0.3) is 0 Å². The minimum Gasteiger partial charge on any atom is -0.325 e. The normalized spacial score (nSPS) is 13.4. The van der Waals surface area contributed by atoms with Crippen molar-refractivity contribution in [1.82, 2.24) is 0 Å². The van der Waals surface area contributed by atoms with Crippen LogP contribution in [0.1, 0.15) is 49.3 Å². The molecule has 0 bridgehead atoms. The van der Waals surface area contributed by atoms with Crippen molar-refractivity contribution in [3.8, 4) is 0 Å². The Hall–Kier alpha value is -3.40. The molecule has 1 heterocycles. The first-order chi connectivity index (χ1) is 15.5. The van der Waals surface area contributed by atoms with Gasteiger partial charge in [0.2, 0.25) is 11.8 Å². The van der Waals surface area contributed by atoms with Crippen molar-refractivity contribution in [3.63, 3.8) is 0 Å². The Bertz CT molecular complexity index is 1040. The van der Waals surface area contributed by atoms with Gasteiger partial charge in [-0.25, -0.2) is 0 Å². The van der Waals surface area contributed by atoms with Crippen molar-refractivity contribution < 1.29 is 9.59 Å². The van der Waals surface area contributed by atoms with Crippen LogP contribution in [-0.2, 0) is 16.0 Å². The summed E-state index contributed by atoms with van der Waals surface area (Å²) < 4.78 is 0. The number of carbonyl (C=O) groups is 2. The summed E-state index contributed by atoms with van der Waals surface area (Å²) in [5.74, 6) is 0.270. The van der Waals surface area contributed by atoms with Gasteiger partial charge in [0.05, 0.1) is 5.92 Å². The maximum absolute atomic E-state index is 13.4. The average Bonchev–Trinajstić information content (AvgIpc) is 2.80. The summed E-state index contributed by atoms with van der Waals surface area (Å²) in [5.41, 5.74) is 4.77. The van der Waals surface area contributed by atoms with E-state index in [1.165, 1.54) is 0 Å². The van der Waals surface area contributed by atoms with Gasteiger partial charge in [0.1, 0.15) is 0 Å². The molecular weight excluding hydrogens is 396 g/mol. The van der Waals surface area contributed by atoms with Crippen molar-refractivity contribution in [2.24, 2.45) is 5.92 Å². The molecule has 4 rings (SSSR count). The van der Waals surface area contributed by atoms with Crippen LogP contribution in [0.4, 0.5) is 11.4 Å². The Balaban J connectivity index is 1.58. The maximum Gasteiger partial charge on any atom is 0.236 e. The second-order valence-corrected chi connectivity index (χ2v) is 8.82. The first kappa shape index (κ1) is 21.8. The van der Waals surface area contributed by atoms with E-state index in [0.717, 1.165) is 41.0 Å². The summed E-state index contributed by atoms with van der Waals surface area (Å²) in [6.45, 7) is 5.08. The van der Waals surface area contributed by atoms with Crippen molar-refractivity contribution in [3.05, 3.63) is 95.6 Å². The van der Waals surface area contributed by atoms with E-state index in [1.54, 1.807) is 0 Å². The third kappa shape index (κ3) is 4.91. The van der Waals surface area contributed by atoms with Crippen LogP contribution in [0.25, 0.3) is 0 Å². The highest BCUT2D eigenvalue weighted by Gasteiger charge is 2.26. The van der Waals surface area contributed by atoms with Crippen LogP contribution in [0.3, 0.4) is 0 Å². The highest BCUT2D eigenvalue weighted by Crippen LogP contribution is 2.32. The lowest BCUT2D eigenvalue weighted by Crippen LogP contribution is -2.36. The van der Waals surface area contributed by atoms with E-state index >= 15 is 0 Å². The number of anilines is 2. The molecule has 0 atom stereocenters. The molecule has 0 saturated heterocycles. The standard InChI is InChI=1S/C28H30N2O2/c1-20(2)17-18-30-25-15-14-24(19-23(25)13-16-26(30)31)29-28(32)27(21-9-5-3-6-10-21)22-11-7-4-8-12-22/h3-12,14-15,19-20,27H,13,16-18H2,1-2H3,(H,29,32). The molecule has 0 aromatic heterocycles. The van der Waals surface area contributed by atoms with E-state index in [2.05, 4.69) is 19.2 Å². The van der Waals surface area contributed by atoms with Crippen molar-refractivity contribution in [2.45, 2.75) is 39.0 Å². The molecule has 0 saturated carbocycles. The van der Waals surface area contributed by atoms with Crippen LogP contribution in [0.15, 0.2) is 78.9 Å². The maximum atomic E-state index is 13.4. The Kier molecular flexibility index (Phi) is 6.69. The van der Waals surface area contributed by atoms with Crippen LogP contribution >= 0.6 is 0 Å². The highest BCUT2D eigenvalue weighted by atomic mass is 16.2. The van der Waals surface area contributed by atoms with Crippen LogP contribution in [0, 0.1) is 5.92 Å². The minimum atomic E-state index is -0.391. The fraction of sp³-hybridized carbons (Fsp3) is 0.286. The zero-order valence-electron chi connectivity index (χ0n) is 18.8. The first-order valence-corrected chi connectivity index (χ1v) is 11.4. The van der Waals surface area contributed by atoms with E-state index in [4.69, 9.17) is 0 Å². The van der Waals surface area contributed by atoms with Gasteiger partial charge < -0.3 is 10.2 Å². The quantitative estimate of drug-likeness (QED) is 0.520. The SMILES string of the molecule is CC(C)CCN1C(=O)CCc2cc(NC(=O)C(c3ccccc3)c3ccccc3)ccc21. The predicted molar refractivity (Wildman–Crippen MR) is 130 cm³/mol. The van der Waals surface area contributed by atoms with Gasteiger partial charge in [-0.05, 0) is 53.6 Å². The van der Waals surface area contributed by atoms with Gasteiger partial charge in [-0.2, -0.15) is 0 Å². The monoisotopic (exact) mass is 426 g/mol. The largest absolute Gasteiger partial charge is 0.325 e. The van der Waals surface area contributed by atoms with Crippen LogP contribution in [0.2, 0.25) is 0 Å². The van der Waals surface area contributed by atoms with Crippen LogP contribution in [-0.4, -0.2) is 18.4 Å². The summed E-state index contributed by atoms with van der Waals surface area (Å²) in [6.07, 6.45) is 2.19. The third-order valence-corrected chi connectivity index (χ3v) is 6.01. The smallest absolute Gasteiger partial charge is 0.236 e. The van der Waals surface area contributed by atoms with E-state index < -0.39 is 5.92 Å². The number of fused-ring (bicyclic) bond motifs is 1. The second-order valence-electron chi connectivity index (χ2n) is 8.82. The molecule has 4 heteroatoms. The number of hydrogen-bond donors (Lipinski definition) is 1. The Morgan fingerprint density at radius 3 is 2.12 bits per heavy atom. The van der Waals surface area contributed by atoms with Gasteiger partial charge >= 0.3 is 0 Å². The van der Waals surface area contributed by atoms with Gasteiger partial charge in [0, 0.05) is 24.3 Å². The fourth-order valence-corrected chi connectivity index (χ4v) is 4.27. The topological polar surface area (TPSA) is 49.4 Å². The fourth-order valence-electron chi connectivity index (χ4n) is 4.27. The molecule has 0 spiro atoms. The van der Waals surface area contributed by atoms with Crippen LogP contribution in [0.5, 0.6) is 0 Å². The van der Waals surface area contributed by atoms with E-state index in [9.17, 15) is 9.59 Å². The zero-order chi connectivity index (χ0) is 22.5. The number of aryl methyl sites for hydroxylation is 1. The average molecular weight is 427 g/mol. The molecule has 0 aliphatic carbocycles. The third-order valence-electron chi connectivity index (χ3n) is 6.01. The summed E-state index contributed by atoms with van der Waals surface area (Å²) >= 11 is 0. The van der Waals surface area contributed by atoms with E-state index in [0.29, 0.717) is 18.8 Å². The minimum absolute atomic E-state index is 0.0640. The molecule has 2 amide bonds. The number of carbonyl (C=O) groups excluding carboxylic acids is 2. The molecule has 32 heavy (non-hydrogen) atoms. The summed E-state index contributed by atoms with van der Waals surface area (Å²) in [7, 11) is 0. The van der Waals surface area contributed by atoms with Gasteiger partial charge in [-0.15, -0.1) is 0 Å². The molecule has 1 N–H and O–H groups in total. The van der Waals surface area contributed by atoms with Gasteiger partial charge in [-0.3, -0.25) is 9.59 Å². The second kappa shape index (κ2) is 9.82. The lowest BCUT2D eigenvalue weighted by Gasteiger charge is -2.30. The number of benzene rings is 3. The Morgan fingerprint density at radius 1 is 0.906 bits per heavy atom. The molecular formula is C28H30N2O2. The predicted octanol–water partition coefficient (Wildman–Crippen LogP) is 5.78. The molecule has 164 valence electrons. The molecule has 4 nitrogen and oxygen atoms in total. The molecule has 0 radical (unpaired) electrons. The Labute approximate surface area is 190 Å². The molecule has 0 unspecified atom stereocenters. The number of rotatable bonds is 7. The Morgan fingerprint density at radius 2 is 1.53 bits per heavy atom. The lowest BCUT2D eigenvalue weighted by atomic mass is 9.90. The number of amides is 2. The summed E-state index contributed by atoms with van der Waals surface area (Å²) in [4.78, 5) is 27.8. The van der Waals surface area contributed by atoms with E-state index in [-0.39, 0.29) is 11.8 Å². The van der Waals surface area contributed by atoms with Crippen molar-refractivity contribution in [2.75, 3.05) is 16.8 Å². The van der Waals surface area contributed by atoms with Crippen molar-refractivity contribution in [1.29, 1.82) is 0 Å². The van der Waals surface area contributed by atoms with Gasteiger partial charge in [-0.1, -0.05) is 74.5 Å². The number of nitrogens with one attached hydrogen (secondary N) is 1. The molecule has 3 aromatic rings. The van der Waals surface area contributed by atoms with E-state index in [1.807, 2.05) is 83.8 Å². The first-order valence-electron chi connectivity index (χ1n) is 11.4. The number of hydrogen-bond acceptors (Lipinski definition) is 2. The lowest BCUT2D eigenvalue weighted by molar-refractivity contribution is -0.119. The molecule has 1 aliphatic heterocycles. The van der Waals surface area contributed by atoms with Crippen LogP contribution < -0.4 is 10.2 Å². The molecule has 3 aromatic carbocycles. The summed E-state index contributed by atoms with van der Waals surface area (Å²) in [6, 6.07) is 25.6. The van der Waals surface area contributed by atoms with Gasteiger partial charge in [0.15, 0.2) is 0 Å². The van der Waals surface area contributed by atoms with Crippen molar-refractivity contribution >= 4 is 23.2 Å². The molecule has 1 aliphatic rings. The zero-order valence-corrected chi connectivity index (χ0v) is 18.8. The highest BCUT2D eigenvalue weighted by molar-refractivity contribution is 6.00. The number of nitrogens with zero attached hydrogens (tertiary/aromatic N) is 1. The molecule has 0 fully saturated rings. The summed E-state index contributed by atoms with van der Waals surface area (Å²) in [5, 5.41) is 3.12.